The second kappa shape index (κ2) is 2.06. The molecule has 0 atom stereocenters. The van der Waals surface area contributed by atoms with Crippen LogP contribution in [0.15, 0.2) is 6.07 Å². The Balaban J connectivity index is 3.28. The molecule has 54 valence electrons. The Bertz CT molecular complexity index is 206. The van der Waals surface area contributed by atoms with Crippen LogP contribution in [0.2, 0.25) is 0 Å². The molecule has 0 unspecified atom stereocenters. The molecule has 0 aliphatic heterocycles. The highest BCUT2D eigenvalue weighted by Gasteiger charge is 1.99. The molecule has 0 radical (unpaired) electrons. The predicted molar refractivity (Wildman–Crippen MR) is 42.2 cm³/mol. The first-order valence-electron chi connectivity index (χ1n) is 2.89. The summed E-state index contributed by atoms with van der Waals surface area (Å²) in [7, 11) is 0. The zero-order chi connectivity index (χ0) is 7.72. The average Bonchev–Trinajstić information content (AvgIpc) is 1.84. The highest BCUT2D eigenvalue weighted by Crippen LogP contribution is 2.17. The number of anilines is 3. The van der Waals surface area contributed by atoms with Gasteiger partial charge < -0.3 is 17.2 Å². The van der Waals surface area contributed by atoms with Gasteiger partial charge in [0.2, 0.25) is 0 Å². The Morgan fingerprint density at radius 2 is 1.80 bits per heavy atom. The van der Waals surface area contributed by atoms with E-state index in [1.165, 1.54) is 0 Å². The molecule has 0 spiro atoms. The Morgan fingerprint density at radius 3 is 2.30 bits per heavy atom. The summed E-state index contributed by atoms with van der Waals surface area (Å²) in [6.45, 7) is 1.78. The fourth-order valence-corrected chi connectivity index (χ4v) is 0.656. The predicted octanol–water partition coefficient (Wildman–Crippen LogP) is 0.137. The Labute approximate surface area is 59.0 Å². The molecule has 0 aliphatic rings. The number of aromatic nitrogens is 1. The maximum absolute atomic E-state index is 5.49. The maximum atomic E-state index is 5.49. The third kappa shape index (κ3) is 0.953. The molecule has 0 aliphatic carbocycles. The van der Waals surface area contributed by atoms with Crippen LogP contribution in [0, 0.1) is 6.92 Å². The van der Waals surface area contributed by atoms with E-state index in [2.05, 4.69) is 4.98 Å². The zero-order valence-corrected chi connectivity index (χ0v) is 5.76. The summed E-state index contributed by atoms with van der Waals surface area (Å²) in [4.78, 5) is 3.90. The number of aryl methyl sites for hydroxylation is 1. The van der Waals surface area contributed by atoms with Crippen LogP contribution in [-0.4, -0.2) is 4.98 Å². The molecule has 0 saturated heterocycles. The molecule has 1 rings (SSSR count). The molecule has 0 bridgehead atoms. The number of hydrogen-bond donors (Lipinski definition) is 3. The highest BCUT2D eigenvalue weighted by atomic mass is 14.9. The number of nitrogen functional groups attached to an aromatic ring is 3. The van der Waals surface area contributed by atoms with Crippen molar-refractivity contribution in [1.29, 1.82) is 0 Å². The van der Waals surface area contributed by atoms with Crippen LogP contribution in [0.1, 0.15) is 5.69 Å². The second-order valence-corrected chi connectivity index (χ2v) is 2.14. The summed E-state index contributed by atoms with van der Waals surface area (Å²) in [5, 5.41) is 0. The van der Waals surface area contributed by atoms with Gasteiger partial charge in [-0.1, -0.05) is 0 Å². The Kier molecular flexibility index (Phi) is 1.37. The van der Waals surface area contributed by atoms with E-state index in [0.29, 0.717) is 22.9 Å². The van der Waals surface area contributed by atoms with Crippen LogP contribution in [0.25, 0.3) is 0 Å². The van der Waals surface area contributed by atoms with Crippen molar-refractivity contribution in [2.75, 3.05) is 17.2 Å². The summed E-state index contributed by atoms with van der Waals surface area (Å²) in [5.74, 6) is 0.340. The van der Waals surface area contributed by atoms with E-state index in [0.717, 1.165) is 0 Å². The largest absolute Gasteiger partial charge is 0.397 e. The van der Waals surface area contributed by atoms with Crippen LogP contribution in [0.3, 0.4) is 0 Å². The van der Waals surface area contributed by atoms with Gasteiger partial charge in [0, 0.05) is 0 Å². The lowest BCUT2D eigenvalue weighted by molar-refractivity contribution is 1.22. The first-order valence-corrected chi connectivity index (χ1v) is 2.89. The molecule has 0 fully saturated rings. The van der Waals surface area contributed by atoms with Crippen molar-refractivity contribution in [3.05, 3.63) is 11.8 Å². The number of nitrogens with zero attached hydrogens (tertiary/aromatic N) is 1. The minimum absolute atomic E-state index is 0.340. The minimum Gasteiger partial charge on any atom is -0.397 e. The number of nitrogens with two attached hydrogens (primary N) is 3. The quantitative estimate of drug-likeness (QED) is 0.475. The minimum atomic E-state index is 0.340. The normalized spacial score (nSPS) is 9.70. The number of pyridine rings is 1. The molecule has 1 aromatic rings. The van der Waals surface area contributed by atoms with Gasteiger partial charge in [-0.3, -0.25) is 0 Å². The average molecular weight is 138 g/mol. The molecule has 4 heteroatoms. The van der Waals surface area contributed by atoms with Crippen LogP contribution in [0.4, 0.5) is 17.2 Å². The fourth-order valence-electron chi connectivity index (χ4n) is 0.656. The van der Waals surface area contributed by atoms with Crippen LogP contribution < -0.4 is 17.2 Å². The lowest BCUT2D eigenvalue weighted by atomic mass is 10.3. The fraction of sp³-hybridized carbons (Fsp3) is 0.167. The third-order valence-electron chi connectivity index (χ3n) is 1.31. The molecular weight excluding hydrogens is 128 g/mol. The van der Waals surface area contributed by atoms with Crippen LogP contribution in [-0.2, 0) is 0 Å². The van der Waals surface area contributed by atoms with Gasteiger partial charge in [0.25, 0.3) is 0 Å². The summed E-state index contributed by atoms with van der Waals surface area (Å²) in [6.07, 6.45) is 0. The lowest BCUT2D eigenvalue weighted by Crippen LogP contribution is -2.02. The van der Waals surface area contributed by atoms with Crippen molar-refractivity contribution in [3.8, 4) is 0 Å². The Morgan fingerprint density at radius 1 is 1.20 bits per heavy atom. The standard InChI is InChI=1S/C6H10N4/c1-3-4(7)2-5(8)6(9)10-3/h2H,7-8H2,1H3,(H2,9,10). The third-order valence-corrected chi connectivity index (χ3v) is 1.31. The van der Waals surface area contributed by atoms with Crippen molar-refractivity contribution in [1.82, 2.24) is 4.98 Å². The van der Waals surface area contributed by atoms with Gasteiger partial charge in [0.1, 0.15) is 5.82 Å². The van der Waals surface area contributed by atoms with Crippen molar-refractivity contribution < 1.29 is 0 Å². The number of hydrogen-bond acceptors (Lipinski definition) is 4. The summed E-state index contributed by atoms with van der Waals surface area (Å²) >= 11 is 0. The molecule has 0 saturated carbocycles. The maximum Gasteiger partial charge on any atom is 0.147 e. The van der Waals surface area contributed by atoms with E-state index in [1.807, 2.05) is 0 Å². The highest BCUT2D eigenvalue weighted by molar-refractivity contribution is 5.65. The molecule has 0 aromatic carbocycles. The van der Waals surface area contributed by atoms with Crippen molar-refractivity contribution in [2.45, 2.75) is 6.92 Å². The van der Waals surface area contributed by atoms with Gasteiger partial charge in [-0.05, 0) is 13.0 Å². The monoisotopic (exact) mass is 138 g/mol. The van der Waals surface area contributed by atoms with Crippen LogP contribution >= 0.6 is 0 Å². The summed E-state index contributed by atoms with van der Waals surface area (Å²) < 4.78 is 0. The van der Waals surface area contributed by atoms with Gasteiger partial charge >= 0.3 is 0 Å². The molecule has 0 amide bonds. The van der Waals surface area contributed by atoms with Gasteiger partial charge in [-0.2, -0.15) is 0 Å². The molecule has 1 heterocycles. The SMILES string of the molecule is Cc1nc(N)c(N)cc1N. The van der Waals surface area contributed by atoms with E-state index >= 15 is 0 Å². The van der Waals surface area contributed by atoms with E-state index in [1.54, 1.807) is 13.0 Å². The number of rotatable bonds is 0. The molecule has 4 nitrogen and oxygen atoms in total. The van der Waals surface area contributed by atoms with E-state index < -0.39 is 0 Å². The van der Waals surface area contributed by atoms with E-state index in [-0.39, 0.29) is 0 Å². The van der Waals surface area contributed by atoms with Crippen molar-refractivity contribution in [2.24, 2.45) is 0 Å². The molecule has 10 heavy (non-hydrogen) atoms. The van der Waals surface area contributed by atoms with Gasteiger partial charge in [-0.15, -0.1) is 0 Å². The smallest absolute Gasteiger partial charge is 0.147 e. The van der Waals surface area contributed by atoms with Gasteiger partial charge in [-0.25, -0.2) is 4.98 Å². The van der Waals surface area contributed by atoms with E-state index in [4.69, 9.17) is 17.2 Å². The lowest BCUT2D eigenvalue weighted by Gasteiger charge is -2.02. The zero-order valence-electron chi connectivity index (χ0n) is 5.76. The summed E-state index contributed by atoms with van der Waals surface area (Å²) in [5.41, 5.74) is 18.0. The van der Waals surface area contributed by atoms with Crippen LogP contribution in [0.5, 0.6) is 0 Å². The molecule has 6 N–H and O–H groups in total. The first-order chi connectivity index (χ1) is 4.61. The van der Waals surface area contributed by atoms with Gasteiger partial charge in [0.05, 0.1) is 17.1 Å². The summed E-state index contributed by atoms with van der Waals surface area (Å²) in [6, 6.07) is 1.61. The second-order valence-electron chi connectivity index (χ2n) is 2.14. The molecular formula is C6H10N4. The van der Waals surface area contributed by atoms with E-state index in [9.17, 15) is 0 Å². The topological polar surface area (TPSA) is 90.9 Å². The van der Waals surface area contributed by atoms with Crippen molar-refractivity contribution in [3.63, 3.8) is 0 Å². The Hall–Kier alpha value is -1.45. The molecule has 1 aromatic heterocycles. The van der Waals surface area contributed by atoms with Gasteiger partial charge in [0.15, 0.2) is 0 Å². The van der Waals surface area contributed by atoms with Crippen molar-refractivity contribution >= 4 is 17.2 Å². The first kappa shape index (κ1) is 6.67.